The molecule has 0 fully saturated rings. The van der Waals surface area contributed by atoms with Crippen LogP contribution in [0.25, 0.3) is 0 Å². The van der Waals surface area contributed by atoms with Crippen molar-refractivity contribution in [2.75, 3.05) is 11.9 Å². The molecular weight excluding hydrogens is 248 g/mol. The summed E-state index contributed by atoms with van der Waals surface area (Å²) in [5, 5.41) is 5.80. The Kier molecular flexibility index (Phi) is 4.77. The van der Waals surface area contributed by atoms with Crippen molar-refractivity contribution < 1.29 is 4.79 Å². The van der Waals surface area contributed by atoms with Crippen LogP contribution in [0.4, 0.5) is 10.5 Å². The molecule has 0 unspecified atom stereocenters. The zero-order valence-electron chi connectivity index (χ0n) is 11.9. The van der Waals surface area contributed by atoms with Crippen molar-refractivity contribution in [2.24, 2.45) is 0 Å². The van der Waals surface area contributed by atoms with E-state index < -0.39 is 0 Å². The lowest BCUT2D eigenvalue weighted by Crippen LogP contribution is -2.31. The highest BCUT2D eigenvalue weighted by molar-refractivity contribution is 5.90. The summed E-state index contributed by atoms with van der Waals surface area (Å²) >= 11 is 0. The summed E-state index contributed by atoms with van der Waals surface area (Å²) in [5.41, 5.74) is 4.26. The molecule has 0 aromatic heterocycles. The normalized spacial score (nSPS) is 10.1. The Hall–Kier alpha value is -2.29. The summed E-state index contributed by atoms with van der Waals surface area (Å²) in [4.78, 5) is 11.9. The Labute approximate surface area is 120 Å². The topological polar surface area (TPSA) is 41.1 Å². The van der Waals surface area contributed by atoms with Gasteiger partial charge in [0, 0.05) is 12.2 Å². The van der Waals surface area contributed by atoms with Gasteiger partial charge in [-0.2, -0.15) is 0 Å². The smallest absolute Gasteiger partial charge is 0.319 e. The molecule has 0 atom stereocenters. The lowest BCUT2D eigenvalue weighted by molar-refractivity contribution is 0.252. The van der Waals surface area contributed by atoms with Crippen molar-refractivity contribution in [2.45, 2.75) is 20.3 Å². The molecule has 0 spiro atoms. The van der Waals surface area contributed by atoms with Crippen molar-refractivity contribution >= 4 is 11.7 Å². The fourth-order valence-corrected chi connectivity index (χ4v) is 2.13. The highest BCUT2D eigenvalue weighted by Gasteiger charge is 2.06. The molecular formula is C17H20N2O. The summed E-state index contributed by atoms with van der Waals surface area (Å²) in [6.07, 6.45) is 0.834. The van der Waals surface area contributed by atoms with Gasteiger partial charge in [-0.3, -0.25) is 0 Å². The SMILES string of the molecule is Cc1cccc(C)c1NC(=O)NCCc1ccccc1. The van der Waals surface area contributed by atoms with E-state index in [1.54, 1.807) is 0 Å². The average Bonchev–Trinajstić information content (AvgIpc) is 2.44. The quantitative estimate of drug-likeness (QED) is 0.872. The van der Waals surface area contributed by atoms with Gasteiger partial charge >= 0.3 is 6.03 Å². The van der Waals surface area contributed by atoms with Gasteiger partial charge in [0.05, 0.1) is 0 Å². The van der Waals surface area contributed by atoms with Gasteiger partial charge in [-0.25, -0.2) is 4.79 Å². The van der Waals surface area contributed by atoms with Gasteiger partial charge in [-0.1, -0.05) is 48.5 Å². The van der Waals surface area contributed by atoms with Gasteiger partial charge in [0.2, 0.25) is 0 Å². The number of hydrogen-bond acceptors (Lipinski definition) is 1. The van der Waals surface area contributed by atoms with Crippen LogP contribution in [-0.2, 0) is 6.42 Å². The molecule has 2 amide bonds. The van der Waals surface area contributed by atoms with Crippen LogP contribution in [-0.4, -0.2) is 12.6 Å². The average molecular weight is 268 g/mol. The highest BCUT2D eigenvalue weighted by Crippen LogP contribution is 2.18. The maximum Gasteiger partial charge on any atom is 0.319 e. The number of nitrogens with one attached hydrogen (secondary N) is 2. The van der Waals surface area contributed by atoms with Crippen LogP contribution in [0.1, 0.15) is 16.7 Å². The Balaban J connectivity index is 1.84. The molecule has 0 radical (unpaired) electrons. The van der Waals surface area contributed by atoms with Crippen molar-refractivity contribution in [3.63, 3.8) is 0 Å². The molecule has 104 valence electrons. The standard InChI is InChI=1S/C17H20N2O/c1-13-7-6-8-14(2)16(13)19-17(20)18-12-11-15-9-4-3-5-10-15/h3-10H,11-12H2,1-2H3,(H2,18,19,20). The van der Waals surface area contributed by atoms with Gasteiger partial charge in [0.25, 0.3) is 0 Å². The number of carbonyl (C=O) groups excluding carboxylic acids is 1. The first-order valence-electron chi connectivity index (χ1n) is 6.82. The number of para-hydroxylation sites is 1. The maximum absolute atomic E-state index is 11.9. The number of benzene rings is 2. The van der Waals surface area contributed by atoms with Crippen LogP contribution in [0.15, 0.2) is 48.5 Å². The molecule has 2 rings (SSSR count). The van der Waals surface area contributed by atoms with E-state index >= 15 is 0 Å². The fourth-order valence-electron chi connectivity index (χ4n) is 2.13. The number of rotatable bonds is 4. The molecule has 0 aliphatic carbocycles. The van der Waals surface area contributed by atoms with Crippen LogP contribution < -0.4 is 10.6 Å². The monoisotopic (exact) mass is 268 g/mol. The van der Waals surface area contributed by atoms with Crippen LogP contribution in [0.5, 0.6) is 0 Å². The first-order valence-corrected chi connectivity index (χ1v) is 6.82. The second kappa shape index (κ2) is 6.75. The summed E-state index contributed by atoms with van der Waals surface area (Å²) in [7, 11) is 0. The molecule has 2 N–H and O–H groups in total. The number of urea groups is 1. The second-order valence-electron chi connectivity index (χ2n) is 4.88. The summed E-state index contributed by atoms with van der Waals surface area (Å²) < 4.78 is 0. The van der Waals surface area contributed by atoms with Gasteiger partial charge in [0.1, 0.15) is 0 Å². The van der Waals surface area contributed by atoms with E-state index in [9.17, 15) is 4.79 Å². The molecule has 0 aliphatic heterocycles. The Morgan fingerprint density at radius 3 is 2.25 bits per heavy atom. The molecule has 2 aromatic carbocycles. The molecule has 0 aliphatic rings. The molecule has 3 nitrogen and oxygen atoms in total. The second-order valence-corrected chi connectivity index (χ2v) is 4.88. The van der Waals surface area contributed by atoms with E-state index in [0.717, 1.165) is 23.2 Å². The molecule has 2 aromatic rings. The Morgan fingerprint density at radius 2 is 1.60 bits per heavy atom. The summed E-state index contributed by atoms with van der Waals surface area (Å²) in [5.74, 6) is 0. The minimum absolute atomic E-state index is 0.154. The molecule has 20 heavy (non-hydrogen) atoms. The van der Waals surface area contributed by atoms with E-state index in [-0.39, 0.29) is 6.03 Å². The van der Waals surface area contributed by atoms with E-state index in [2.05, 4.69) is 22.8 Å². The van der Waals surface area contributed by atoms with Crippen LogP contribution in [0.3, 0.4) is 0 Å². The molecule has 0 saturated carbocycles. The van der Waals surface area contributed by atoms with E-state index in [0.29, 0.717) is 6.54 Å². The minimum Gasteiger partial charge on any atom is -0.338 e. The van der Waals surface area contributed by atoms with E-state index in [4.69, 9.17) is 0 Å². The predicted molar refractivity (Wildman–Crippen MR) is 83.1 cm³/mol. The number of aryl methyl sites for hydroxylation is 2. The molecule has 0 bridgehead atoms. The van der Waals surface area contributed by atoms with Crippen LogP contribution in [0.2, 0.25) is 0 Å². The maximum atomic E-state index is 11.9. The fraction of sp³-hybridized carbons (Fsp3) is 0.235. The number of hydrogen-bond donors (Lipinski definition) is 2. The number of anilines is 1. The number of amides is 2. The van der Waals surface area contributed by atoms with Crippen LogP contribution >= 0.6 is 0 Å². The van der Waals surface area contributed by atoms with Gasteiger partial charge in [-0.05, 0) is 37.0 Å². The lowest BCUT2D eigenvalue weighted by Gasteiger charge is -2.12. The van der Waals surface area contributed by atoms with Gasteiger partial charge in [-0.15, -0.1) is 0 Å². The van der Waals surface area contributed by atoms with Crippen molar-refractivity contribution in [3.05, 3.63) is 65.2 Å². The van der Waals surface area contributed by atoms with Crippen LogP contribution in [0, 0.1) is 13.8 Å². The lowest BCUT2D eigenvalue weighted by atomic mass is 10.1. The zero-order valence-corrected chi connectivity index (χ0v) is 11.9. The third kappa shape index (κ3) is 3.85. The molecule has 3 heteroatoms. The largest absolute Gasteiger partial charge is 0.338 e. The first kappa shape index (κ1) is 14.1. The predicted octanol–water partition coefficient (Wildman–Crippen LogP) is 3.67. The van der Waals surface area contributed by atoms with E-state index in [1.807, 2.05) is 50.2 Å². The Morgan fingerprint density at radius 1 is 0.950 bits per heavy atom. The molecule has 0 heterocycles. The zero-order chi connectivity index (χ0) is 14.4. The highest BCUT2D eigenvalue weighted by atomic mass is 16.2. The van der Waals surface area contributed by atoms with Gasteiger partial charge in [0.15, 0.2) is 0 Å². The first-order chi connectivity index (χ1) is 9.66. The Bertz CT molecular complexity index is 559. The third-order valence-electron chi connectivity index (χ3n) is 3.26. The molecule has 0 saturated heterocycles. The minimum atomic E-state index is -0.154. The van der Waals surface area contributed by atoms with Crippen molar-refractivity contribution in [1.29, 1.82) is 0 Å². The van der Waals surface area contributed by atoms with Gasteiger partial charge < -0.3 is 10.6 Å². The summed E-state index contributed by atoms with van der Waals surface area (Å²) in [6.45, 7) is 4.61. The van der Waals surface area contributed by atoms with Crippen molar-refractivity contribution in [1.82, 2.24) is 5.32 Å². The number of carbonyl (C=O) groups is 1. The third-order valence-corrected chi connectivity index (χ3v) is 3.26. The summed E-state index contributed by atoms with van der Waals surface area (Å²) in [6, 6.07) is 15.9. The van der Waals surface area contributed by atoms with Crippen molar-refractivity contribution in [3.8, 4) is 0 Å². The van der Waals surface area contributed by atoms with E-state index in [1.165, 1.54) is 5.56 Å².